The average molecular weight is 372 g/mol. The average Bonchev–Trinajstić information content (AvgIpc) is 3.00. The lowest BCUT2D eigenvalue weighted by Gasteiger charge is -2.38. The lowest BCUT2D eigenvalue weighted by molar-refractivity contribution is 0.317. The van der Waals surface area contributed by atoms with Crippen LogP contribution in [0.4, 0.5) is 10.4 Å². The van der Waals surface area contributed by atoms with Gasteiger partial charge in [0.2, 0.25) is 0 Å². The lowest BCUT2D eigenvalue weighted by atomic mass is 10.0. The Balaban J connectivity index is 1.29. The number of hydrogen-bond acceptors (Lipinski definition) is 6. The second kappa shape index (κ2) is 6.12. The van der Waals surface area contributed by atoms with Gasteiger partial charge in [0.1, 0.15) is 11.3 Å². The fourth-order valence-electron chi connectivity index (χ4n) is 3.49. The van der Waals surface area contributed by atoms with Gasteiger partial charge in [-0.3, -0.25) is 4.79 Å². The van der Waals surface area contributed by atoms with E-state index in [0.717, 1.165) is 42.3 Å². The molecule has 4 heterocycles. The highest BCUT2D eigenvalue weighted by Gasteiger charge is 2.31. The van der Waals surface area contributed by atoms with Gasteiger partial charge in [-0.05, 0) is 23.4 Å². The Morgan fingerprint density at radius 3 is 3.08 bits per heavy atom. The van der Waals surface area contributed by atoms with Crippen molar-refractivity contribution in [3.8, 4) is 0 Å². The number of aryl methyl sites for hydroxylation is 1. The Bertz CT molecular complexity index is 1040. The summed E-state index contributed by atoms with van der Waals surface area (Å²) >= 11 is 1.85. The molecule has 0 atom stereocenters. The number of halogens is 1. The first-order valence-corrected chi connectivity index (χ1v) is 9.80. The van der Waals surface area contributed by atoms with Crippen molar-refractivity contribution >= 4 is 28.9 Å². The Morgan fingerprint density at radius 1 is 1.31 bits per heavy atom. The predicted octanol–water partition coefficient (Wildman–Crippen LogP) is 2.45. The van der Waals surface area contributed by atoms with Crippen LogP contribution in [0.25, 0.3) is 11.1 Å². The fraction of sp³-hybridized carbons (Fsp3) is 0.389. The highest BCUT2D eigenvalue weighted by molar-refractivity contribution is 7.98. The third-order valence-corrected chi connectivity index (χ3v) is 5.91. The van der Waals surface area contributed by atoms with Gasteiger partial charge in [-0.2, -0.15) is 21.8 Å². The van der Waals surface area contributed by atoms with Crippen LogP contribution >= 0.6 is 11.8 Å². The summed E-state index contributed by atoms with van der Waals surface area (Å²) in [5, 5.41) is 4.57. The fourth-order valence-corrected chi connectivity index (χ4v) is 4.44. The zero-order valence-corrected chi connectivity index (χ0v) is 14.8. The van der Waals surface area contributed by atoms with Gasteiger partial charge < -0.3 is 9.32 Å². The van der Waals surface area contributed by atoms with Crippen LogP contribution in [0.1, 0.15) is 11.3 Å². The second-order valence-corrected chi connectivity index (χ2v) is 7.92. The first-order chi connectivity index (χ1) is 12.7. The molecule has 0 aliphatic carbocycles. The number of thioether (sulfide) groups is 1. The first kappa shape index (κ1) is 15.9. The lowest BCUT2D eigenvalue weighted by Crippen LogP contribution is -2.50. The Morgan fingerprint density at radius 2 is 2.19 bits per heavy atom. The van der Waals surface area contributed by atoms with Crippen molar-refractivity contribution in [2.75, 3.05) is 23.7 Å². The third kappa shape index (κ3) is 2.78. The first-order valence-electron chi connectivity index (χ1n) is 8.64. The molecule has 8 heteroatoms. The van der Waals surface area contributed by atoms with E-state index in [1.54, 1.807) is 16.8 Å². The summed E-state index contributed by atoms with van der Waals surface area (Å²) in [7, 11) is 0. The predicted molar refractivity (Wildman–Crippen MR) is 98.0 cm³/mol. The molecular formula is C18H17FN4O2S. The molecule has 2 aromatic heterocycles. The SMILES string of the molecule is O=c1cc2c(nn1CC1CN(c3nc4ccc(F)cc4o3)C1)CCSC2. The maximum absolute atomic E-state index is 13.3. The number of benzene rings is 1. The molecule has 1 saturated heterocycles. The van der Waals surface area contributed by atoms with Crippen molar-refractivity contribution in [1.29, 1.82) is 0 Å². The monoisotopic (exact) mass is 372 g/mol. The van der Waals surface area contributed by atoms with Crippen molar-refractivity contribution in [2.45, 2.75) is 18.7 Å². The quantitative estimate of drug-likeness (QED) is 0.704. The summed E-state index contributed by atoms with van der Waals surface area (Å²) in [6.45, 7) is 2.09. The Labute approximate surface area is 153 Å². The third-order valence-electron chi connectivity index (χ3n) is 4.90. The van der Waals surface area contributed by atoms with E-state index in [0.29, 0.717) is 29.6 Å². The van der Waals surface area contributed by atoms with Gasteiger partial charge in [0, 0.05) is 43.3 Å². The van der Waals surface area contributed by atoms with E-state index < -0.39 is 0 Å². The topological polar surface area (TPSA) is 64.2 Å². The number of hydrogen-bond donors (Lipinski definition) is 0. The zero-order valence-electron chi connectivity index (χ0n) is 14.0. The molecule has 134 valence electrons. The summed E-state index contributed by atoms with van der Waals surface area (Å²) in [4.78, 5) is 18.7. The van der Waals surface area contributed by atoms with Crippen molar-refractivity contribution in [3.63, 3.8) is 0 Å². The minimum absolute atomic E-state index is 0.0259. The Kier molecular flexibility index (Phi) is 3.74. The molecule has 0 spiro atoms. The summed E-state index contributed by atoms with van der Waals surface area (Å²) in [6.07, 6.45) is 0.927. The van der Waals surface area contributed by atoms with Gasteiger partial charge in [0.25, 0.3) is 11.6 Å². The van der Waals surface area contributed by atoms with Crippen LogP contribution in [-0.2, 0) is 18.7 Å². The van der Waals surface area contributed by atoms with E-state index in [1.807, 2.05) is 16.7 Å². The van der Waals surface area contributed by atoms with Crippen LogP contribution in [0.3, 0.4) is 0 Å². The van der Waals surface area contributed by atoms with Crippen LogP contribution in [0.2, 0.25) is 0 Å². The minimum Gasteiger partial charge on any atom is -0.423 e. The van der Waals surface area contributed by atoms with Crippen LogP contribution in [0, 0.1) is 11.7 Å². The van der Waals surface area contributed by atoms with Gasteiger partial charge in [0.15, 0.2) is 5.58 Å². The normalized spacial score (nSPS) is 17.3. The minimum atomic E-state index is -0.335. The number of oxazole rings is 1. The molecule has 5 rings (SSSR count). The second-order valence-electron chi connectivity index (χ2n) is 6.82. The van der Waals surface area contributed by atoms with E-state index in [9.17, 15) is 9.18 Å². The van der Waals surface area contributed by atoms with Crippen LogP contribution in [-0.4, -0.2) is 33.6 Å². The molecular weight excluding hydrogens is 355 g/mol. The smallest absolute Gasteiger partial charge is 0.298 e. The van der Waals surface area contributed by atoms with Crippen molar-refractivity contribution in [1.82, 2.24) is 14.8 Å². The van der Waals surface area contributed by atoms with Crippen molar-refractivity contribution in [2.24, 2.45) is 5.92 Å². The molecule has 0 amide bonds. The van der Waals surface area contributed by atoms with Crippen molar-refractivity contribution < 1.29 is 8.81 Å². The molecule has 6 nitrogen and oxygen atoms in total. The molecule has 0 unspecified atom stereocenters. The van der Waals surface area contributed by atoms with E-state index in [1.165, 1.54) is 12.1 Å². The van der Waals surface area contributed by atoms with Crippen molar-refractivity contribution in [3.05, 3.63) is 51.7 Å². The zero-order chi connectivity index (χ0) is 17.7. The number of rotatable bonds is 3. The molecule has 2 aliphatic heterocycles. The molecule has 0 radical (unpaired) electrons. The van der Waals surface area contributed by atoms with Gasteiger partial charge in [0.05, 0.1) is 12.2 Å². The highest BCUT2D eigenvalue weighted by Crippen LogP contribution is 2.28. The van der Waals surface area contributed by atoms with Crippen LogP contribution in [0.5, 0.6) is 0 Å². The molecule has 1 fully saturated rings. The maximum atomic E-state index is 13.3. The summed E-state index contributed by atoms with van der Waals surface area (Å²) < 4.78 is 20.5. The summed E-state index contributed by atoms with van der Waals surface area (Å²) in [6, 6.07) is 6.58. The molecule has 0 saturated carbocycles. The van der Waals surface area contributed by atoms with Gasteiger partial charge in [-0.1, -0.05) is 0 Å². The molecule has 0 bridgehead atoms. The van der Waals surface area contributed by atoms with E-state index in [-0.39, 0.29) is 11.4 Å². The number of aromatic nitrogens is 3. The number of nitrogens with zero attached hydrogens (tertiary/aromatic N) is 4. The molecule has 2 aliphatic rings. The highest BCUT2D eigenvalue weighted by atomic mass is 32.2. The summed E-state index contributed by atoms with van der Waals surface area (Å²) in [5.41, 5.74) is 3.21. The van der Waals surface area contributed by atoms with Gasteiger partial charge in [-0.15, -0.1) is 0 Å². The largest absolute Gasteiger partial charge is 0.423 e. The van der Waals surface area contributed by atoms with Crippen LogP contribution in [0.15, 0.2) is 33.5 Å². The Hall–Kier alpha value is -2.35. The standard InChI is InChI=1S/C18H17FN4O2S/c19-13-1-2-15-16(6-13)25-18(20-15)22-7-11(8-22)9-23-17(24)5-12-10-26-4-3-14(12)21-23/h1-2,5-6,11H,3-4,7-10H2. The number of anilines is 1. The molecule has 3 aromatic rings. The number of fused-ring (bicyclic) bond motifs is 2. The molecule has 0 N–H and O–H groups in total. The molecule has 1 aromatic carbocycles. The van der Waals surface area contributed by atoms with E-state index in [4.69, 9.17) is 4.42 Å². The van der Waals surface area contributed by atoms with E-state index >= 15 is 0 Å². The van der Waals surface area contributed by atoms with E-state index in [2.05, 4.69) is 10.1 Å². The maximum Gasteiger partial charge on any atom is 0.298 e. The van der Waals surface area contributed by atoms with Gasteiger partial charge in [-0.25, -0.2) is 9.07 Å². The van der Waals surface area contributed by atoms with Gasteiger partial charge >= 0.3 is 0 Å². The van der Waals surface area contributed by atoms with Crippen LogP contribution < -0.4 is 10.5 Å². The summed E-state index contributed by atoms with van der Waals surface area (Å²) in [5.74, 6) is 1.93. The molecule has 26 heavy (non-hydrogen) atoms.